The van der Waals surface area contributed by atoms with Gasteiger partial charge in [0, 0.05) is 13.0 Å². The Kier molecular flexibility index (Phi) is 3.95. The van der Waals surface area contributed by atoms with Crippen LogP contribution in [-0.2, 0) is 14.8 Å². The molecule has 0 saturated carbocycles. The number of aliphatic carboxylic acids is 1. The number of carbonyl (C=O) groups is 1. The summed E-state index contributed by atoms with van der Waals surface area (Å²) in [5.74, 6) is -2.24. The molecule has 1 aliphatic rings. The van der Waals surface area contributed by atoms with Crippen molar-refractivity contribution in [2.24, 2.45) is 0 Å². The molecule has 1 aliphatic heterocycles. The Hall–Kier alpha value is -2.02. The standard InChI is InChI=1S/C12H11FN2O5S/c13-10-2-1-9(3-7(10)5-14)21(19,20)15-6-8(16)4-11(15)12(17)18/h1-3,8,11,16H,4,6H2,(H,17,18)/t8-,11+/m1/s1. The van der Waals surface area contributed by atoms with Crippen molar-refractivity contribution < 1.29 is 27.8 Å². The molecule has 0 bridgehead atoms. The zero-order chi connectivity index (χ0) is 15.8. The molecule has 9 heteroatoms. The van der Waals surface area contributed by atoms with Crippen molar-refractivity contribution in [1.82, 2.24) is 4.31 Å². The Morgan fingerprint density at radius 1 is 1.48 bits per heavy atom. The van der Waals surface area contributed by atoms with E-state index < -0.39 is 39.5 Å². The number of nitrogens with zero attached hydrogens (tertiary/aromatic N) is 2. The fourth-order valence-corrected chi connectivity index (χ4v) is 3.82. The van der Waals surface area contributed by atoms with Crippen molar-refractivity contribution in [2.45, 2.75) is 23.5 Å². The molecule has 112 valence electrons. The lowest BCUT2D eigenvalue weighted by Crippen LogP contribution is -2.40. The molecule has 2 atom stereocenters. The zero-order valence-electron chi connectivity index (χ0n) is 10.6. The van der Waals surface area contributed by atoms with Crippen LogP contribution in [0.5, 0.6) is 0 Å². The molecule has 0 radical (unpaired) electrons. The number of hydrogen-bond donors (Lipinski definition) is 2. The van der Waals surface area contributed by atoms with E-state index >= 15 is 0 Å². The zero-order valence-corrected chi connectivity index (χ0v) is 11.4. The van der Waals surface area contributed by atoms with Crippen LogP contribution in [0.25, 0.3) is 0 Å². The van der Waals surface area contributed by atoms with Gasteiger partial charge in [-0.2, -0.15) is 9.57 Å². The van der Waals surface area contributed by atoms with Crippen molar-refractivity contribution in [3.8, 4) is 6.07 Å². The lowest BCUT2D eigenvalue weighted by atomic mass is 10.2. The monoisotopic (exact) mass is 314 g/mol. The number of carboxylic acid groups (broad SMARTS) is 1. The smallest absolute Gasteiger partial charge is 0.322 e. The highest BCUT2D eigenvalue weighted by atomic mass is 32.2. The molecule has 1 aromatic rings. The van der Waals surface area contributed by atoms with Crippen LogP contribution in [0.15, 0.2) is 23.1 Å². The molecule has 0 aromatic heterocycles. The summed E-state index contributed by atoms with van der Waals surface area (Å²) in [5.41, 5.74) is -0.456. The van der Waals surface area contributed by atoms with Crippen LogP contribution in [0, 0.1) is 17.1 Å². The predicted octanol–water partition coefficient (Wildman–Crippen LogP) is -0.0941. The first-order chi connectivity index (χ1) is 9.77. The molecule has 7 nitrogen and oxygen atoms in total. The average Bonchev–Trinajstić information content (AvgIpc) is 2.82. The van der Waals surface area contributed by atoms with Crippen molar-refractivity contribution in [3.05, 3.63) is 29.6 Å². The number of rotatable bonds is 3. The fourth-order valence-electron chi connectivity index (χ4n) is 2.16. The van der Waals surface area contributed by atoms with E-state index in [0.29, 0.717) is 4.31 Å². The fraction of sp³-hybridized carbons (Fsp3) is 0.333. The summed E-state index contributed by atoms with van der Waals surface area (Å²) in [6.07, 6.45) is -1.31. The minimum absolute atomic E-state index is 0.221. The van der Waals surface area contributed by atoms with Crippen LogP contribution in [-0.4, -0.2) is 47.6 Å². The molecule has 1 aromatic carbocycles. The second-order valence-corrected chi connectivity index (χ2v) is 6.46. The molecule has 0 spiro atoms. The Bertz CT molecular complexity index is 728. The summed E-state index contributed by atoms with van der Waals surface area (Å²) in [7, 11) is -4.24. The molecule has 1 fully saturated rings. The van der Waals surface area contributed by atoms with Gasteiger partial charge < -0.3 is 10.2 Å². The quantitative estimate of drug-likeness (QED) is 0.804. The minimum Gasteiger partial charge on any atom is -0.480 e. The predicted molar refractivity (Wildman–Crippen MR) is 67.1 cm³/mol. The van der Waals surface area contributed by atoms with E-state index in [1.165, 1.54) is 6.07 Å². The van der Waals surface area contributed by atoms with E-state index in [9.17, 15) is 22.7 Å². The van der Waals surface area contributed by atoms with Crippen LogP contribution in [0.3, 0.4) is 0 Å². The largest absolute Gasteiger partial charge is 0.480 e. The maximum atomic E-state index is 13.2. The molecule has 1 saturated heterocycles. The van der Waals surface area contributed by atoms with E-state index in [0.717, 1.165) is 18.2 Å². The minimum atomic E-state index is -4.24. The van der Waals surface area contributed by atoms with Crippen LogP contribution in [0.1, 0.15) is 12.0 Å². The van der Waals surface area contributed by atoms with Gasteiger partial charge in [-0.1, -0.05) is 0 Å². The Morgan fingerprint density at radius 3 is 2.71 bits per heavy atom. The first-order valence-corrected chi connectivity index (χ1v) is 7.33. The Balaban J connectivity index is 2.47. The van der Waals surface area contributed by atoms with Crippen LogP contribution < -0.4 is 0 Å². The van der Waals surface area contributed by atoms with E-state index in [2.05, 4.69) is 0 Å². The van der Waals surface area contributed by atoms with E-state index in [-0.39, 0.29) is 17.9 Å². The van der Waals surface area contributed by atoms with Crippen molar-refractivity contribution >= 4 is 16.0 Å². The van der Waals surface area contributed by atoms with Crippen molar-refractivity contribution in [1.29, 1.82) is 5.26 Å². The molecule has 2 N–H and O–H groups in total. The van der Waals surface area contributed by atoms with Crippen molar-refractivity contribution in [2.75, 3.05) is 6.54 Å². The van der Waals surface area contributed by atoms with Gasteiger partial charge in [-0.25, -0.2) is 12.8 Å². The third-order valence-electron chi connectivity index (χ3n) is 3.18. The number of aliphatic hydroxyl groups is 1. The maximum Gasteiger partial charge on any atom is 0.322 e. The van der Waals surface area contributed by atoms with E-state index in [1.54, 1.807) is 0 Å². The number of sulfonamides is 1. The second-order valence-electron chi connectivity index (χ2n) is 4.57. The summed E-state index contributed by atoms with van der Waals surface area (Å²) in [4.78, 5) is 10.7. The van der Waals surface area contributed by atoms with E-state index in [1.807, 2.05) is 0 Å². The molecule has 21 heavy (non-hydrogen) atoms. The number of hydrogen-bond acceptors (Lipinski definition) is 5. The Morgan fingerprint density at radius 2 is 2.14 bits per heavy atom. The summed E-state index contributed by atoms with van der Waals surface area (Å²) in [5, 5.41) is 27.2. The second kappa shape index (κ2) is 5.40. The molecular formula is C12H11FN2O5S. The van der Waals surface area contributed by atoms with Gasteiger partial charge in [0.2, 0.25) is 10.0 Å². The summed E-state index contributed by atoms with van der Waals surface area (Å²) >= 11 is 0. The van der Waals surface area contributed by atoms with Gasteiger partial charge in [-0.05, 0) is 18.2 Å². The van der Waals surface area contributed by atoms with Crippen LogP contribution >= 0.6 is 0 Å². The number of halogens is 1. The summed E-state index contributed by atoms with van der Waals surface area (Å²) in [6.45, 7) is -0.363. The van der Waals surface area contributed by atoms with Gasteiger partial charge in [0.1, 0.15) is 17.9 Å². The summed E-state index contributed by atoms with van der Waals surface area (Å²) in [6, 6.07) is 2.75. The van der Waals surface area contributed by atoms with Gasteiger partial charge >= 0.3 is 5.97 Å². The molecule has 0 amide bonds. The summed E-state index contributed by atoms with van der Waals surface area (Å²) < 4.78 is 38.7. The third kappa shape index (κ3) is 2.73. The lowest BCUT2D eigenvalue weighted by molar-refractivity contribution is -0.140. The van der Waals surface area contributed by atoms with Gasteiger partial charge in [0.15, 0.2) is 0 Å². The number of carboxylic acids is 1. The van der Waals surface area contributed by atoms with Gasteiger partial charge in [-0.3, -0.25) is 4.79 Å². The molecule has 2 rings (SSSR count). The first-order valence-electron chi connectivity index (χ1n) is 5.89. The first kappa shape index (κ1) is 15.4. The molecular weight excluding hydrogens is 303 g/mol. The number of β-amino-alcohol motifs (C(OH)–C–C–N with tert-alkyl or cyclic N) is 1. The van der Waals surface area contributed by atoms with Gasteiger partial charge in [0.05, 0.1) is 16.6 Å². The highest BCUT2D eigenvalue weighted by Gasteiger charge is 2.43. The number of nitriles is 1. The molecule has 0 unspecified atom stereocenters. The van der Waals surface area contributed by atoms with Crippen molar-refractivity contribution in [3.63, 3.8) is 0 Å². The molecule has 1 heterocycles. The topological polar surface area (TPSA) is 119 Å². The van der Waals surface area contributed by atoms with Gasteiger partial charge in [0.25, 0.3) is 0 Å². The highest BCUT2D eigenvalue weighted by Crippen LogP contribution is 2.27. The normalized spacial score (nSPS) is 22.9. The number of benzene rings is 1. The van der Waals surface area contributed by atoms with Gasteiger partial charge in [-0.15, -0.1) is 0 Å². The highest BCUT2D eigenvalue weighted by molar-refractivity contribution is 7.89. The van der Waals surface area contributed by atoms with Crippen LogP contribution in [0.4, 0.5) is 4.39 Å². The third-order valence-corrected chi connectivity index (χ3v) is 5.05. The van der Waals surface area contributed by atoms with Crippen LogP contribution in [0.2, 0.25) is 0 Å². The average molecular weight is 314 g/mol. The lowest BCUT2D eigenvalue weighted by Gasteiger charge is -2.20. The Labute approximate surface area is 119 Å². The number of aliphatic hydroxyl groups excluding tert-OH is 1. The maximum absolute atomic E-state index is 13.2. The van der Waals surface area contributed by atoms with E-state index in [4.69, 9.17) is 10.4 Å². The SMILES string of the molecule is N#Cc1cc(S(=O)(=O)N2C[C@H](O)C[C@H]2C(=O)O)ccc1F. The molecule has 0 aliphatic carbocycles.